The highest BCUT2D eigenvalue weighted by molar-refractivity contribution is 5.93. The van der Waals surface area contributed by atoms with Gasteiger partial charge >= 0.3 is 0 Å². The molecule has 4 rings (SSSR count). The molecule has 0 radical (unpaired) electrons. The number of fused-ring (bicyclic) bond motifs is 5. The Morgan fingerprint density at radius 2 is 1.77 bits per heavy atom. The molecule has 3 aliphatic carbocycles. The Labute approximate surface area is 207 Å². The maximum absolute atomic E-state index is 14.1. The lowest BCUT2D eigenvalue weighted by molar-refractivity contribution is -0.338. The lowest BCUT2D eigenvalue weighted by Gasteiger charge is -2.67. The monoisotopic (exact) mass is 497 g/mol. The van der Waals surface area contributed by atoms with E-state index in [1.165, 1.54) is 0 Å². The van der Waals surface area contributed by atoms with E-state index >= 15 is 0 Å². The van der Waals surface area contributed by atoms with Crippen molar-refractivity contribution in [2.75, 3.05) is 6.61 Å². The zero-order chi connectivity index (χ0) is 26.5. The van der Waals surface area contributed by atoms with Gasteiger partial charge in [0.25, 0.3) is 0 Å². The summed E-state index contributed by atoms with van der Waals surface area (Å²) in [4.78, 5) is 19.0. The van der Waals surface area contributed by atoms with Crippen LogP contribution in [0.25, 0.3) is 0 Å². The highest BCUT2D eigenvalue weighted by Gasteiger charge is 2.74. The molecule has 0 amide bonds. The van der Waals surface area contributed by atoms with E-state index in [4.69, 9.17) is 15.4 Å². The van der Waals surface area contributed by atoms with Crippen molar-refractivity contribution in [2.45, 2.75) is 103 Å². The first-order valence-electron chi connectivity index (χ1n) is 12.8. The van der Waals surface area contributed by atoms with Gasteiger partial charge in [0.1, 0.15) is 17.8 Å². The zero-order valence-corrected chi connectivity index (χ0v) is 21.9. The second-order valence-electron chi connectivity index (χ2n) is 12.6. The highest BCUT2D eigenvalue weighted by atomic mass is 17.1. The lowest BCUT2D eigenvalue weighted by Crippen LogP contribution is -2.78. The van der Waals surface area contributed by atoms with Gasteiger partial charge < -0.3 is 30.9 Å². The predicted octanol–water partition coefficient (Wildman–Crippen LogP) is 1.02. The third kappa shape index (κ3) is 3.26. The number of aliphatic hydroxyl groups excluding tert-OH is 2. The summed E-state index contributed by atoms with van der Waals surface area (Å²) < 4.78 is 5.58. The topological polar surface area (TPSA) is 163 Å². The number of ether oxygens (including phenoxy) is 1. The molecule has 10 unspecified atom stereocenters. The molecule has 3 fully saturated rings. The van der Waals surface area contributed by atoms with Crippen molar-refractivity contribution >= 4 is 5.78 Å². The molecule has 1 heterocycles. The summed E-state index contributed by atoms with van der Waals surface area (Å²) >= 11 is 0. The number of rotatable bonds is 4. The Morgan fingerprint density at radius 3 is 2.26 bits per heavy atom. The van der Waals surface area contributed by atoms with E-state index in [2.05, 4.69) is 0 Å². The smallest absolute Gasteiger partial charge is 0.174 e. The van der Waals surface area contributed by atoms with Gasteiger partial charge in [0.05, 0.1) is 29.8 Å². The molecule has 0 spiro atoms. The second kappa shape index (κ2) is 8.30. The van der Waals surface area contributed by atoms with E-state index in [9.17, 15) is 30.5 Å². The van der Waals surface area contributed by atoms with Crippen LogP contribution in [0.3, 0.4) is 0 Å². The van der Waals surface area contributed by atoms with Crippen LogP contribution in [0, 0.1) is 34.5 Å². The first-order chi connectivity index (χ1) is 16.0. The summed E-state index contributed by atoms with van der Waals surface area (Å²) in [6, 6.07) is -0.325. The van der Waals surface area contributed by atoms with Crippen molar-refractivity contribution in [1.82, 2.24) is 0 Å². The van der Waals surface area contributed by atoms with Crippen LogP contribution in [0.4, 0.5) is 0 Å². The first-order valence-corrected chi connectivity index (χ1v) is 12.8. The Morgan fingerprint density at radius 1 is 1.17 bits per heavy atom. The number of ketones is 1. The molecule has 7 N–H and O–H groups in total. The Kier molecular flexibility index (Phi) is 6.43. The van der Waals surface area contributed by atoms with Crippen LogP contribution >= 0.6 is 0 Å². The van der Waals surface area contributed by atoms with Crippen LogP contribution in [0.2, 0.25) is 0 Å². The fourth-order valence-corrected chi connectivity index (χ4v) is 8.26. The quantitative estimate of drug-likeness (QED) is 0.189. The maximum atomic E-state index is 14.1. The van der Waals surface area contributed by atoms with Crippen molar-refractivity contribution in [3.05, 3.63) is 11.1 Å². The maximum Gasteiger partial charge on any atom is 0.174 e. The van der Waals surface area contributed by atoms with E-state index in [1.54, 1.807) is 41.5 Å². The van der Waals surface area contributed by atoms with Gasteiger partial charge in [0.2, 0.25) is 0 Å². The van der Waals surface area contributed by atoms with Gasteiger partial charge in [-0.2, -0.15) is 0 Å². The average molecular weight is 498 g/mol. The molecule has 4 aliphatic rings. The van der Waals surface area contributed by atoms with Crippen LogP contribution in [-0.2, 0) is 14.4 Å². The zero-order valence-electron chi connectivity index (χ0n) is 21.9. The van der Waals surface area contributed by atoms with Crippen molar-refractivity contribution in [2.24, 2.45) is 40.2 Å². The van der Waals surface area contributed by atoms with Gasteiger partial charge in [0.15, 0.2) is 5.78 Å². The van der Waals surface area contributed by atoms with Crippen LogP contribution in [0.1, 0.15) is 61.3 Å². The van der Waals surface area contributed by atoms with Gasteiger partial charge in [-0.15, -0.1) is 0 Å². The van der Waals surface area contributed by atoms with Gasteiger partial charge in [0, 0.05) is 35.6 Å². The molecule has 2 saturated carbocycles. The average Bonchev–Trinajstić information content (AvgIpc) is 2.77. The molecule has 1 aliphatic heterocycles. The summed E-state index contributed by atoms with van der Waals surface area (Å²) in [6.07, 6.45) is -3.98. The molecule has 9 nitrogen and oxygen atoms in total. The first kappa shape index (κ1) is 27.1. The summed E-state index contributed by atoms with van der Waals surface area (Å²) in [7, 11) is 0. The molecule has 9 heteroatoms. The van der Waals surface area contributed by atoms with Crippen molar-refractivity contribution < 1.29 is 40.1 Å². The molecule has 0 aromatic carbocycles. The standard InChI is InChI=1S/C26H43NO8/c1-11(14(4)27)20(35-33)15-9-26(32)13(3)21-24(7,16(28)8-17-25(21,31)10-34-17)22(30)19(29)18(12(15)2)23(26,5)6/h11,13-17,19-21,28-29,31-33H,8-10,27H2,1-7H3/t11?,13?,14?,15?,16?,17?,19?,20-,21?,24+,25?,26?/m0/s1. The second-order valence-corrected chi connectivity index (χ2v) is 12.6. The van der Waals surface area contributed by atoms with E-state index in [1.807, 2.05) is 6.92 Å². The largest absolute Gasteiger partial charge is 0.392 e. The number of hydrogen-bond acceptors (Lipinski definition) is 9. The number of nitrogens with two attached hydrogens (primary N) is 1. The molecular weight excluding hydrogens is 454 g/mol. The molecule has 1 saturated heterocycles. The SMILES string of the molecule is CC1=C2C(O)C(=O)[C@]3(C)C(O)CC4OCC4(O)C3C(C)C(O)(CC1[C@@H](OO)C(C)C(C)N)C2(C)C. The minimum atomic E-state index is -1.61. The van der Waals surface area contributed by atoms with Crippen molar-refractivity contribution in [3.8, 4) is 0 Å². The summed E-state index contributed by atoms with van der Waals surface area (Å²) in [5.74, 6) is -2.97. The lowest BCUT2D eigenvalue weighted by atomic mass is 9.42. The number of Topliss-reactive ketones (excluding diaryl/α,β-unsaturated/α-hetero) is 1. The van der Waals surface area contributed by atoms with Crippen molar-refractivity contribution in [3.63, 3.8) is 0 Å². The fraction of sp³-hybridized carbons (Fsp3) is 0.885. The predicted molar refractivity (Wildman–Crippen MR) is 127 cm³/mol. The van der Waals surface area contributed by atoms with Gasteiger partial charge in [-0.25, -0.2) is 4.89 Å². The number of carbonyl (C=O) groups is 1. The minimum absolute atomic E-state index is 0.00980. The van der Waals surface area contributed by atoms with E-state index in [0.29, 0.717) is 11.1 Å². The normalized spacial score (nSPS) is 49.7. The van der Waals surface area contributed by atoms with E-state index < -0.39 is 70.0 Å². The van der Waals surface area contributed by atoms with Crippen LogP contribution in [-0.4, -0.2) is 79.7 Å². The summed E-state index contributed by atoms with van der Waals surface area (Å²) in [6.45, 7) is 12.5. The minimum Gasteiger partial charge on any atom is -0.392 e. The number of carbonyl (C=O) groups excluding carboxylic acids is 1. The van der Waals surface area contributed by atoms with Crippen LogP contribution < -0.4 is 5.73 Å². The van der Waals surface area contributed by atoms with Crippen molar-refractivity contribution in [1.29, 1.82) is 0 Å². The molecule has 2 bridgehead atoms. The summed E-state index contributed by atoms with van der Waals surface area (Å²) in [5.41, 5.74) is 1.66. The Hall–Kier alpha value is -0.910. The molecule has 0 aromatic heterocycles. The van der Waals surface area contributed by atoms with E-state index in [0.717, 1.165) is 0 Å². The third-order valence-electron chi connectivity index (χ3n) is 10.8. The molecule has 12 atom stereocenters. The van der Waals surface area contributed by atoms with Gasteiger partial charge in [-0.1, -0.05) is 33.3 Å². The highest BCUT2D eigenvalue weighted by Crippen LogP contribution is 2.65. The Balaban J connectivity index is 1.97. The fourth-order valence-electron chi connectivity index (χ4n) is 8.26. The number of aliphatic hydroxyl groups is 4. The number of hydrogen-bond donors (Lipinski definition) is 6. The summed E-state index contributed by atoms with van der Waals surface area (Å²) in [5, 5.41) is 57.1. The van der Waals surface area contributed by atoms with E-state index in [-0.39, 0.29) is 31.4 Å². The van der Waals surface area contributed by atoms with Gasteiger partial charge in [-0.05, 0) is 38.7 Å². The Bertz CT molecular complexity index is 919. The molecule has 200 valence electrons. The third-order valence-corrected chi connectivity index (χ3v) is 10.8. The van der Waals surface area contributed by atoms with Crippen LogP contribution in [0.5, 0.6) is 0 Å². The van der Waals surface area contributed by atoms with Gasteiger partial charge in [-0.3, -0.25) is 10.1 Å². The molecular formula is C26H43NO8. The molecule has 35 heavy (non-hydrogen) atoms. The van der Waals surface area contributed by atoms with Crippen LogP contribution in [0.15, 0.2) is 11.1 Å². The molecule has 0 aromatic rings.